The third-order valence-corrected chi connectivity index (χ3v) is 9.75. The van der Waals surface area contributed by atoms with Crippen LogP contribution in [0.1, 0.15) is 0 Å². The maximum Gasteiger partial charge on any atom is 0.673 e. The molecule has 0 amide bonds. The van der Waals surface area contributed by atoms with Crippen LogP contribution in [0, 0.1) is 12.7 Å². The zero-order valence-corrected chi connectivity index (χ0v) is 34.5. The number of hydrogen-bond donors (Lipinski definition) is 0. The zero-order chi connectivity index (χ0) is 40.6. The van der Waals surface area contributed by atoms with E-state index in [9.17, 15) is 17.3 Å². The molecule has 10 rings (SSSR count). The molecular weight excluding hydrogens is 936 g/mol. The summed E-state index contributed by atoms with van der Waals surface area (Å²) in [5.74, 6) is 0. The molecule has 2 heterocycles. The van der Waals surface area contributed by atoms with Crippen LogP contribution in [0.25, 0.3) is 44.7 Å². The van der Waals surface area contributed by atoms with E-state index in [-0.39, 0.29) is 20.1 Å². The third-order valence-electron chi connectivity index (χ3n) is 9.75. The van der Waals surface area contributed by atoms with Gasteiger partial charge in [-0.1, -0.05) is 140 Å². The fourth-order valence-electron chi connectivity index (χ4n) is 7.22. The van der Waals surface area contributed by atoms with Crippen molar-refractivity contribution < 1.29 is 41.9 Å². The number of anilines is 4. The maximum atomic E-state index is 9.75. The second-order valence-electron chi connectivity index (χ2n) is 13.5. The second kappa shape index (κ2) is 18.9. The van der Waals surface area contributed by atoms with E-state index >= 15 is 0 Å². The first-order chi connectivity index (χ1) is 28.8. The van der Waals surface area contributed by atoms with Crippen molar-refractivity contribution in [3.63, 3.8) is 0 Å². The van der Waals surface area contributed by atoms with Crippen LogP contribution in [-0.4, -0.2) is 11.8 Å². The normalized spacial score (nSPS) is 11.7. The topological polar surface area (TPSA) is 15.3 Å². The van der Waals surface area contributed by atoms with Gasteiger partial charge in [0.05, 0.1) is 0 Å². The monoisotopic (exact) mass is 973 g/mol. The number of para-hydroxylation sites is 8. The Hall–Kier alpha value is -6.74. The van der Waals surface area contributed by atoms with Crippen molar-refractivity contribution in [1.29, 1.82) is 0 Å². The fraction of sp³-hybridized carbons (Fsp3) is 0. The number of fused-ring (bicyclic) bond motifs is 2. The summed E-state index contributed by atoms with van der Waals surface area (Å²) in [7, 11) is -6.00. The van der Waals surface area contributed by atoms with Gasteiger partial charge in [-0.3, -0.25) is 0 Å². The Bertz CT molecular complexity index is 2760. The van der Waals surface area contributed by atoms with Crippen LogP contribution in [0.5, 0.6) is 0 Å². The minimum Gasteiger partial charge on any atom is -0.493 e. The number of imidazole rings is 1. The van der Waals surface area contributed by atoms with E-state index < -0.39 is 7.25 Å². The first-order valence-electron chi connectivity index (χ1n) is 19.1. The average molecular weight is 973 g/mol. The molecular formula is C50H37BF4IrN4-2. The van der Waals surface area contributed by atoms with E-state index in [0.29, 0.717) is 0 Å². The Morgan fingerprint density at radius 2 is 0.950 bits per heavy atom. The SMILES string of the molecule is F[B-](F)(F)F.[Ir].[c-]1ccccc1N1[CH-]N(c2ccccc2-c2ccccc2)c2ccccc21.c1ccc(-c2ccccc2-[n+]2cn(-c3ccccc3)c3ccccc32)cc1. The van der Waals surface area contributed by atoms with Crippen LogP contribution in [0.4, 0.5) is 40.0 Å². The molecule has 9 aromatic rings. The number of rotatable bonds is 6. The van der Waals surface area contributed by atoms with Crippen LogP contribution in [-0.2, 0) is 20.1 Å². The van der Waals surface area contributed by atoms with Gasteiger partial charge in [-0.15, -0.1) is 12.4 Å². The third kappa shape index (κ3) is 9.42. The molecule has 0 bridgehead atoms. The molecule has 0 saturated carbocycles. The Morgan fingerprint density at radius 3 is 1.58 bits per heavy atom. The summed E-state index contributed by atoms with van der Waals surface area (Å²) in [6, 6.07) is 77.1. The quantitative estimate of drug-likeness (QED) is 0.0714. The fourth-order valence-corrected chi connectivity index (χ4v) is 7.22. The first-order valence-corrected chi connectivity index (χ1v) is 19.1. The number of aromatic nitrogens is 2. The molecule has 0 unspecified atom stereocenters. The minimum atomic E-state index is -6.00. The van der Waals surface area contributed by atoms with Crippen molar-refractivity contribution in [3.05, 3.63) is 231 Å². The molecule has 0 atom stereocenters. The van der Waals surface area contributed by atoms with E-state index in [2.05, 4.69) is 226 Å². The van der Waals surface area contributed by atoms with Crippen LogP contribution >= 0.6 is 0 Å². The van der Waals surface area contributed by atoms with E-state index in [0.717, 1.165) is 28.4 Å². The van der Waals surface area contributed by atoms with Crippen molar-refractivity contribution in [1.82, 2.24) is 4.57 Å². The van der Waals surface area contributed by atoms with Crippen molar-refractivity contribution >= 4 is 41.0 Å². The number of hydrogen-bond acceptors (Lipinski definition) is 2. The van der Waals surface area contributed by atoms with E-state index in [4.69, 9.17) is 0 Å². The molecule has 1 aromatic heterocycles. The largest absolute Gasteiger partial charge is 0.673 e. The Labute approximate surface area is 360 Å². The van der Waals surface area contributed by atoms with Crippen molar-refractivity contribution in [3.8, 4) is 33.6 Å². The van der Waals surface area contributed by atoms with Gasteiger partial charge in [0.15, 0.2) is 11.0 Å². The molecule has 10 heteroatoms. The van der Waals surface area contributed by atoms with Gasteiger partial charge in [0.1, 0.15) is 11.4 Å². The predicted molar refractivity (Wildman–Crippen MR) is 233 cm³/mol. The van der Waals surface area contributed by atoms with Crippen molar-refractivity contribution in [2.75, 3.05) is 9.80 Å². The molecule has 0 fully saturated rings. The summed E-state index contributed by atoms with van der Waals surface area (Å²) in [6.07, 6.45) is 2.18. The number of halogens is 4. The van der Waals surface area contributed by atoms with Crippen LogP contribution < -0.4 is 14.4 Å². The van der Waals surface area contributed by atoms with Crippen LogP contribution in [0.3, 0.4) is 0 Å². The van der Waals surface area contributed by atoms with E-state index in [1.165, 1.54) is 39.0 Å². The number of nitrogens with zero attached hydrogens (tertiary/aromatic N) is 4. The van der Waals surface area contributed by atoms with Crippen molar-refractivity contribution in [2.45, 2.75) is 0 Å². The minimum absolute atomic E-state index is 0. The van der Waals surface area contributed by atoms with Gasteiger partial charge in [0, 0.05) is 48.3 Å². The van der Waals surface area contributed by atoms with Gasteiger partial charge in [-0.2, -0.15) is 39.5 Å². The van der Waals surface area contributed by atoms with Crippen molar-refractivity contribution in [2.24, 2.45) is 0 Å². The predicted octanol–water partition coefficient (Wildman–Crippen LogP) is 13.4. The smallest absolute Gasteiger partial charge is 0.493 e. The van der Waals surface area contributed by atoms with E-state index in [1.54, 1.807) is 0 Å². The standard InChI is InChI=1S/C25H19N2.C25H18N2.BF4.Ir/c2*1-3-11-20(12-4-1)22-15-7-8-16-23(22)27-19-26(21-13-5-2-6-14-21)24-17-9-10-18-25(24)27;2-1(3,4)5;/h1-19H;1-13,15-19H;;/q+1;-2;-1;. The molecule has 0 N–H and O–H groups in total. The summed E-state index contributed by atoms with van der Waals surface area (Å²) in [5, 5.41) is 0. The zero-order valence-electron chi connectivity index (χ0n) is 32.1. The second-order valence-corrected chi connectivity index (χ2v) is 13.5. The summed E-state index contributed by atoms with van der Waals surface area (Å²) in [4.78, 5) is 4.45. The number of benzene rings is 8. The van der Waals surface area contributed by atoms with Crippen LogP contribution in [0.15, 0.2) is 219 Å². The molecule has 4 nitrogen and oxygen atoms in total. The molecule has 1 aliphatic heterocycles. The molecule has 8 aromatic carbocycles. The maximum absolute atomic E-state index is 9.75. The molecule has 0 saturated heterocycles. The average Bonchev–Trinajstić information content (AvgIpc) is 3.87. The molecule has 0 spiro atoms. The molecule has 1 radical (unpaired) electrons. The molecule has 0 aliphatic carbocycles. The van der Waals surface area contributed by atoms with Gasteiger partial charge < -0.3 is 27.1 Å². The molecule has 1 aliphatic rings. The summed E-state index contributed by atoms with van der Waals surface area (Å²) >= 11 is 0. The summed E-state index contributed by atoms with van der Waals surface area (Å²) in [6.45, 7) is 2.15. The van der Waals surface area contributed by atoms with E-state index in [1.807, 2.05) is 24.3 Å². The van der Waals surface area contributed by atoms with Gasteiger partial charge in [0.25, 0.3) is 6.33 Å². The summed E-state index contributed by atoms with van der Waals surface area (Å²) < 4.78 is 43.5. The Morgan fingerprint density at radius 1 is 0.467 bits per heavy atom. The van der Waals surface area contributed by atoms with Gasteiger partial charge >= 0.3 is 7.25 Å². The van der Waals surface area contributed by atoms with Gasteiger partial charge in [0.2, 0.25) is 0 Å². The molecule has 60 heavy (non-hydrogen) atoms. The van der Waals surface area contributed by atoms with Gasteiger partial charge in [-0.05, 0) is 59.7 Å². The Balaban J connectivity index is 0.000000161. The first kappa shape index (κ1) is 41.4. The molecule has 299 valence electrons. The Kier molecular flexibility index (Phi) is 13.0. The van der Waals surface area contributed by atoms with Crippen LogP contribution in [0.2, 0.25) is 0 Å². The van der Waals surface area contributed by atoms with Gasteiger partial charge in [-0.25, -0.2) is 0 Å². The summed E-state index contributed by atoms with van der Waals surface area (Å²) in [5.41, 5.74) is 14.1.